The van der Waals surface area contributed by atoms with Crippen molar-refractivity contribution in [3.8, 4) is 11.5 Å². The Morgan fingerprint density at radius 3 is 2.62 bits per heavy atom. The van der Waals surface area contributed by atoms with Crippen molar-refractivity contribution in [2.24, 2.45) is 0 Å². The number of nitrogens with one attached hydrogen (secondary N) is 1. The van der Waals surface area contributed by atoms with Gasteiger partial charge in [0.05, 0.1) is 17.4 Å². The number of fused-ring (bicyclic) bond motifs is 1. The first-order chi connectivity index (χ1) is 11.7. The van der Waals surface area contributed by atoms with Gasteiger partial charge in [0.2, 0.25) is 0 Å². The zero-order valence-electron chi connectivity index (χ0n) is 13.9. The highest BCUT2D eigenvalue weighted by Crippen LogP contribution is 2.32. The molecule has 6 heteroatoms. The van der Waals surface area contributed by atoms with E-state index in [1.54, 1.807) is 30.6 Å². The second kappa shape index (κ2) is 7.21. The van der Waals surface area contributed by atoms with E-state index in [4.69, 9.17) is 9.47 Å². The lowest BCUT2D eigenvalue weighted by Crippen LogP contribution is -2.22. The summed E-state index contributed by atoms with van der Waals surface area (Å²) in [5.41, 5.74) is 2.13. The summed E-state index contributed by atoms with van der Waals surface area (Å²) in [6.07, 6.45) is 3.34. The molecule has 1 N–H and O–H groups in total. The summed E-state index contributed by atoms with van der Waals surface area (Å²) in [5, 5.41) is 2.88. The van der Waals surface area contributed by atoms with Crippen molar-refractivity contribution < 1.29 is 14.3 Å². The van der Waals surface area contributed by atoms with Crippen LogP contribution in [0.1, 0.15) is 24.2 Å². The fourth-order valence-electron chi connectivity index (χ4n) is 2.64. The number of hydrogen-bond donors (Lipinski definition) is 1. The molecule has 0 saturated carbocycles. The lowest BCUT2D eigenvalue weighted by Gasteiger charge is -2.21. The van der Waals surface area contributed by atoms with Crippen LogP contribution in [0.3, 0.4) is 0 Å². The Morgan fingerprint density at radius 1 is 1.12 bits per heavy atom. The van der Waals surface area contributed by atoms with Crippen LogP contribution in [0.2, 0.25) is 0 Å². The number of rotatable bonds is 5. The number of benzene rings is 1. The zero-order chi connectivity index (χ0) is 16.9. The Bertz CT molecular complexity index is 729. The maximum Gasteiger partial charge on any atom is 0.257 e. The molecule has 0 radical (unpaired) electrons. The molecule has 0 unspecified atom stereocenters. The minimum Gasteiger partial charge on any atom is -0.486 e. The Labute approximate surface area is 141 Å². The lowest BCUT2D eigenvalue weighted by atomic mass is 10.2. The van der Waals surface area contributed by atoms with E-state index in [2.05, 4.69) is 29.0 Å². The molecule has 6 nitrogen and oxygen atoms in total. The molecule has 126 valence electrons. The van der Waals surface area contributed by atoms with E-state index in [1.165, 1.54) is 0 Å². The third kappa shape index (κ3) is 3.42. The molecule has 0 fully saturated rings. The van der Waals surface area contributed by atoms with Gasteiger partial charge in [-0.05, 0) is 32.0 Å². The summed E-state index contributed by atoms with van der Waals surface area (Å²) in [6.45, 7) is 6.94. The van der Waals surface area contributed by atoms with Crippen LogP contribution in [-0.2, 0) is 0 Å². The van der Waals surface area contributed by atoms with Crippen LogP contribution < -0.4 is 19.7 Å². The molecular weight excluding hydrogens is 306 g/mol. The van der Waals surface area contributed by atoms with Crippen molar-refractivity contribution in [2.75, 3.05) is 36.5 Å². The van der Waals surface area contributed by atoms with Gasteiger partial charge in [-0.15, -0.1) is 0 Å². The summed E-state index contributed by atoms with van der Waals surface area (Å²) in [7, 11) is 0. The standard InChI is InChI=1S/C18H21N3O3/c1-3-21(4-2)15-9-13(11-19-12-15)18(22)20-14-5-6-16-17(10-14)24-8-7-23-16/h5-6,9-12H,3-4,7-8H2,1-2H3,(H,20,22). The summed E-state index contributed by atoms with van der Waals surface area (Å²) in [4.78, 5) is 18.8. The molecule has 0 atom stereocenters. The second-order valence-electron chi connectivity index (χ2n) is 5.42. The summed E-state index contributed by atoms with van der Waals surface area (Å²) in [5.74, 6) is 1.15. The van der Waals surface area contributed by atoms with Crippen LogP contribution >= 0.6 is 0 Å². The molecule has 1 amide bonds. The summed E-state index contributed by atoms with van der Waals surface area (Å²) < 4.78 is 11.0. The molecule has 0 spiro atoms. The maximum atomic E-state index is 12.5. The minimum absolute atomic E-state index is 0.201. The number of aromatic nitrogens is 1. The van der Waals surface area contributed by atoms with Crippen molar-refractivity contribution in [3.63, 3.8) is 0 Å². The summed E-state index contributed by atoms with van der Waals surface area (Å²) >= 11 is 0. The van der Waals surface area contributed by atoms with Gasteiger partial charge in [-0.1, -0.05) is 0 Å². The highest BCUT2D eigenvalue weighted by molar-refractivity contribution is 6.04. The van der Waals surface area contributed by atoms with Gasteiger partial charge in [-0.3, -0.25) is 9.78 Å². The van der Waals surface area contributed by atoms with Gasteiger partial charge in [0.1, 0.15) is 13.2 Å². The van der Waals surface area contributed by atoms with Crippen molar-refractivity contribution in [1.29, 1.82) is 0 Å². The van der Waals surface area contributed by atoms with Crippen molar-refractivity contribution in [2.45, 2.75) is 13.8 Å². The maximum absolute atomic E-state index is 12.5. The Hall–Kier alpha value is -2.76. The number of pyridine rings is 1. The average molecular weight is 327 g/mol. The molecule has 24 heavy (non-hydrogen) atoms. The van der Waals surface area contributed by atoms with Gasteiger partial charge in [-0.2, -0.15) is 0 Å². The number of anilines is 2. The predicted molar refractivity (Wildman–Crippen MR) is 93.2 cm³/mol. The van der Waals surface area contributed by atoms with E-state index in [9.17, 15) is 4.79 Å². The lowest BCUT2D eigenvalue weighted by molar-refractivity contribution is 0.102. The van der Waals surface area contributed by atoms with Crippen molar-refractivity contribution in [3.05, 3.63) is 42.2 Å². The van der Waals surface area contributed by atoms with Gasteiger partial charge in [0, 0.05) is 31.0 Å². The van der Waals surface area contributed by atoms with E-state index >= 15 is 0 Å². The Kier molecular flexibility index (Phi) is 4.84. The van der Waals surface area contributed by atoms with E-state index < -0.39 is 0 Å². The zero-order valence-corrected chi connectivity index (χ0v) is 13.9. The number of nitrogens with zero attached hydrogens (tertiary/aromatic N) is 2. The van der Waals surface area contributed by atoms with Gasteiger partial charge in [0.15, 0.2) is 11.5 Å². The number of hydrogen-bond acceptors (Lipinski definition) is 5. The number of ether oxygens (including phenoxy) is 2. The van der Waals surface area contributed by atoms with Crippen LogP contribution in [0.5, 0.6) is 11.5 Å². The molecular formula is C18H21N3O3. The molecule has 2 heterocycles. The van der Waals surface area contributed by atoms with Crippen LogP contribution in [0.15, 0.2) is 36.7 Å². The molecule has 1 aliphatic rings. The molecule has 0 aliphatic carbocycles. The molecule has 2 aromatic rings. The van der Waals surface area contributed by atoms with Crippen molar-refractivity contribution in [1.82, 2.24) is 4.98 Å². The fourth-order valence-corrected chi connectivity index (χ4v) is 2.64. The molecule has 1 aliphatic heterocycles. The number of amides is 1. The minimum atomic E-state index is -0.201. The molecule has 0 bridgehead atoms. The van der Waals surface area contributed by atoms with Gasteiger partial charge in [-0.25, -0.2) is 0 Å². The van der Waals surface area contributed by atoms with Crippen LogP contribution in [0, 0.1) is 0 Å². The van der Waals surface area contributed by atoms with E-state index in [0.717, 1.165) is 18.8 Å². The first kappa shape index (κ1) is 16.1. The average Bonchev–Trinajstić information content (AvgIpc) is 2.63. The monoisotopic (exact) mass is 327 g/mol. The van der Waals surface area contributed by atoms with E-state index in [1.807, 2.05) is 6.07 Å². The van der Waals surface area contributed by atoms with Gasteiger partial charge >= 0.3 is 0 Å². The first-order valence-corrected chi connectivity index (χ1v) is 8.12. The fraction of sp³-hybridized carbons (Fsp3) is 0.333. The number of carbonyl (C=O) groups is 1. The van der Waals surface area contributed by atoms with Gasteiger partial charge < -0.3 is 19.7 Å². The van der Waals surface area contributed by atoms with E-state index in [-0.39, 0.29) is 5.91 Å². The highest BCUT2D eigenvalue weighted by atomic mass is 16.6. The quantitative estimate of drug-likeness (QED) is 0.915. The van der Waals surface area contributed by atoms with Crippen LogP contribution in [-0.4, -0.2) is 37.2 Å². The first-order valence-electron chi connectivity index (χ1n) is 8.12. The normalized spacial score (nSPS) is 12.6. The smallest absolute Gasteiger partial charge is 0.257 e. The Balaban J connectivity index is 1.76. The summed E-state index contributed by atoms with van der Waals surface area (Å²) in [6, 6.07) is 7.23. The highest BCUT2D eigenvalue weighted by Gasteiger charge is 2.14. The van der Waals surface area contributed by atoms with Crippen LogP contribution in [0.25, 0.3) is 0 Å². The molecule has 1 aromatic carbocycles. The second-order valence-corrected chi connectivity index (χ2v) is 5.42. The molecule has 0 saturated heterocycles. The van der Waals surface area contributed by atoms with Crippen molar-refractivity contribution >= 4 is 17.3 Å². The topological polar surface area (TPSA) is 63.7 Å². The SMILES string of the molecule is CCN(CC)c1cncc(C(=O)Nc2ccc3c(c2)OCCO3)c1. The Morgan fingerprint density at radius 2 is 1.88 bits per heavy atom. The predicted octanol–water partition coefficient (Wildman–Crippen LogP) is 2.95. The number of carbonyl (C=O) groups excluding carboxylic acids is 1. The van der Waals surface area contributed by atoms with E-state index in [0.29, 0.717) is 36.0 Å². The largest absolute Gasteiger partial charge is 0.486 e. The third-order valence-corrected chi connectivity index (χ3v) is 3.91. The van der Waals surface area contributed by atoms with Gasteiger partial charge in [0.25, 0.3) is 5.91 Å². The third-order valence-electron chi connectivity index (χ3n) is 3.91. The molecule has 1 aromatic heterocycles. The molecule has 3 rings (SSSR count). The van der Waals surface area contributed by atoms with Crippen LogP contribution in [0.4, 0.5) is 11.4 Å².